The zero-order valence-electron chi connectivity index (χ0n) is 9.42. The molecule has 2 aromatic rings. The van der Waals surface area contributed by atoms with Crippen molar-refractivity contribution in [2.45, 2.75) is 13.5 Å². The summed E-state index contributed by atoms with van der Waals surface area (Å²) in [6, 6.07) is 4.81. The van der Waals surface area contributed by atoms with Crippen molar-refractivity contribution in [3.05, 3.63) is 59.1 Å². The van der Waals surface area contributed by atoms with E-state index < -0.39 is 4.92 Å². The number of aryl methyl sites for hydroxylation is 1. The molecular formula is C11H9BrN2O3S. The molecule has 0 saturated carbocycles. The number of nitrogens with zero attached hydrogens (tertiary/aromatic N) is 2. The maximum atomic E-state index is 11.6. The van der Waals surface area contributed by atoms with Crippen molar-refractivity contribution in [3.8, 4) is 0 Å². The predicted molar refractivity (Wildman–Crippen MR) is 73.2 cm³/mol. The van der Waals surface area contributed by atoms with E-state index in [1.165, 1.54) is 6.07 Å². The lowest BCUT2D eigenvalue weighted by atomic mass is 10.2. The Balaban J connectivity index is 2.45. The van der Waals surface area contributed by atoms with Gasteiger partial charge in [-0.2, -0.15) is 0 Å². The lowest BCUT2D eigenvalue weighted by molar-refractivity contribution is -0.385. The number of aromatic nitrogens is 1. The summed E-state index contributed by atoms with van der Waals surface area (Å²) in [7, 11) is 0. The molecule has 1 aromatic heterocycles. The van der Waals surface area contributed by atoms with Crippen LogP contribution in [0.5, 0.6) is 0 Å². The van der Waals surface area contributed by atoms with Crippen LogP contribution >= 0.6 is 27.3 Å². The number of thiazole rings is 1. The minimum atomic E-state index is -0.448. The van der Waals surface area contributed by atoms with Crippen LogP contribution in [0.3, 0.4) is 0 Å². The van der Waals surface area contributed by atoms with Crippen LogP contribution in [0.15, 0.2) is 32.8 Å². The van der Waals surface area contributed by atoms with E-state index in [-0.39, 0.29) is 10.6 Å². The largest absolute Gasteiger partial charge is 0.307 e. The molecular weight excluding hydrogens is 320 g/mol. The van der Waals surface area contributed by atoms with E-state index in [2.05, 4.69) is 15.9 Å². The van der Waals surface area contributed by atoms with Crippen molar-refractivity contribution in [1.82, 2.24) is 4.57 Å². The van der Waals surface area contributed by atoms with Gasteiger partial charge >= 0.3 is 4.87 Å². The molecule has 0 atom stereocenters. The highest BCUT2D eigenvalue weighted by atomic mass is 79.9. The Morgan fingerprint density at radius 3 is 2.78 bits per heavy atom. The third-order valence-corrected chi connectivity index (χ3v) is 4.36. The molecule has 94 valence electrons. The van der Waals surface area contributed by atoms with Gasteiger partial charge < -0.3 is 0 Å². The highest BCUT2D eigenvalue weighted by Gasteiger charge is 2.15. The first kappa shape index (κ1) is 13.0. The number of rotatable bonds is 3. The fourth-order valence-electron chi connectivity index (χ4n) is 1.60. The van der Waals surface area contributed by atoms with Gasteiger partial charge in [0.2, 0.25) is 0 Å². The lowest BCUT2D eigenvalue weighted by Gasteiger charge is -2.07. The number of nitro groups is 1. The summed E-state index contributed by atoms with van der Waals surface area (Å²) in [5.74, 6) is 0. The van der Waals surface area contributed by atoms with E-state index >= 15 is 0 Å². The maximum Gasteiger partial charge on any atom is 0.307 e. The second-order valence-corrected chi connectivity index (χ2v) is 5.35. The number of hydrogen-bond acceptors (Lipinski definition) is 4. The fourth-order valence-corrected chi connectivity index (χ4v) is 2.86. The van der Waals surface area contributed by atoms with Crippen LogP contribution in [-0.2, 0) is 6.54 Å². The molecule has 0 N–H and O–H groups in total. The Kier molecular flexibility index (Phi) is 3.63. The molecule has 0 aliphatic rings. The molecule has 0 bridgehead atoms. The van der Waals surface area contributed by atoms with Gasteiger partial charge in [0.15, 0.2) is 0 Å². The summed E-state index contributed by atoms with van der Waals surface area (Å²) >= 11 is 4.35. The number of benzene rings is 1. The first-order chi connectivity index (χ1) is 8.50. The first-order valence-electron chi connectivity index (χ1n) is 5.07. The van der Waals surface area contributed by atoms with Gasteiger partial charge in [0, 0.05) is 17.1 Å². The summed E-state index contributed by atoms with van der Waals surface area (Å²) in [6.07, 6.45) is 0. The summed E-state index contributed by atoms with van der Waals surface area (Å²) < 4.78 is 2.02. The van der Waals surface area contributed by atoms with E-state index in [4.69, 9.17) is 0 Å². The summed E-state index contributed by atoms with van der Waals surface area (Å²) in [5.41, 5.74) is 1.57. The lowest BCUT2D eigenvalue weighted by Crippen LogP contribution is -2.15. The Morgan fingerprint density at radius 2 is 2.22 bits per heavy atom. The van der Waals surface area contributed by atoms with E-state index in [0.717, 1.165) is 17.0 Å². The molecule has 2 rings (SSSR count). The van der Waals surface area contributed by atoms with Gasteiger partial charge in [0.25, 0.3) is 5.69 Å². The van der Waals surface area contributed by atoms with Crippen LogP contribution in [0.2, 0.25) is 0 Å². The number of nitro benzene ring substituents is 1. The Morgan fingerprint density at radius 1 is 1.50 bits per heavy atom. The molecule has 18 heavy (non-hydrogen) atoms. The minimum Gasteiger partial charge on any atom is -0.299 e. The van der Waals surface area contributed by atoms with Gasteiger partial charge in [0.05, 0.1) is 11.5 Å². The monoisotopic (exact) mass is 328 g/mol. The summed E-state index contributed by atoms with van der Waals surface area (Å²) in [5, 5.41) is 12.6. The van der Waals surface area contributed by atoms with E-state index in [9.17, 15) is 14.9 Å². The van der Waals surface area contributed by atoms with Gasteiger partial charge in [-0.25, -0.2) is 0 Å². The van der Waals surface area contributed by atoms with Crippen molar-refractivity contribution in [3.63, 3.8) is 0 Å². The fraction of sp³-hybridized carbons (Fsp3) is 0.182. The number of hydrogen-bond donors (Lipinski definition) is 0. The minimum absolute atomic E-state index is 0.00781. The van der Waals surface area contributed by atoms with Gasteiger partial charge in [-0.3, -0.25) is 19.5 Å². The molecule has 7 heteroatoms. The van der Waals surface area contributed by atoms with Crippen LogP contribution in [-0.4, -0.2) is 9.49 Å². The molecule has 0 unspecified atom stereocenters. The summed E-state index contributed by atoms with van der Waals surface area (Å²) in [4.78, 5) is 21.9. The first-order valence-corrected chi connectivity index (χ1v) is 6.74. The molecule has 1 aromatic carbocycles. The maximum absolute atomic E-state index is 11.6. The molecule has 0 fully saturated rings. The van der Waals surface area contributed by atoms with Gasteiger partial charge in [-0.1, -0.05) is 23.5 Å². The Labute approximate surface area is 115 Å². The molecule has 0 aliphatic carbocycles. The smallest absolute Gasteiger partial charge is 0.299 e. The highest BCUT2D eigenvalue weighted by molar-refractivity contribution is 9.10. The molecule has 0 aliphatic heterocycles. The standard InChI is InChI=1S/C11H9BrN2O3S/c1-7-6-18-11(15)13(7)5-8-3-2-4-9(10(8)12)14(16)17/h2-4,6H,5H2,1H3. The topological polar surface area (TPSA) is 65.1 Å². The van der Waals surface area contributed by atoms with Crippen molar-refractivity contribution in [2.75, 3.05) is 0 Å². The van der Waals surface area contributed by atoms with Crippen LogP contribution in [0.1, 0.15) is 11.3 Å². The molecule has 0 saturated heterocycles. The molecule has 0 spiro atoms. The second-order valence-electron chi connectivity index (χ2n) is 3.74. The third kappa shape index (κ3) is 2.37. The molecule has 0 amide bonds. The molecule has 1 heterocycles. The molecule has 5 nitrogen and oxygen atoms in total. The number of halogens is 1. The Bertz CT molecular complexity index is 663. The highest BCUT2D eigenvalue weighted by Crippen LogP contribution is 2.28. The van der Waals surface area contributed by atoms with Crippen LogP contribution in [0.4, 0.5) is 5.69 Å². The SMILES string of the molecule is Cc1csc(=O)n1Cc1cccc([N+](=O)[O-])c1Br. The van der Waals surface area contributed by atoms with Crippen LogP contribution in [0, 0.1) is 17.0 Å². The van der Waals surface area contributed by atoms with Crippen molar-refractivity contribution >= 4 is 33.0 Å². The zero-order valence-corrected chi connectivity index (χ0v) is 11.8. The van der Waals surface area contributed by atoms with E-state index in [1.54, 1.807) is 22.1 Å². The predicted octanol–water partition coefficient (Wildman–Crippen LogP) is 2.94. The van der Waals surface area contributed by atoms with E-state index in [1.807, 2.05) is 6.92 Å². The third-order valence-electron chi connectivity index (χ3n) is 2.56. The van der Waals surface area contributed by atoms with Crippen LogP contribution < -0.4 is 4.87 Å². The summed E-state index contributed by atoms with van der Waals surface area (Å²) in [6.45, 7) is 2.17. The van der Waals surface area contributed by atoms with Crippen molar-refractivity contribution in [1.29, 1.82) is 0 Å². The average molecular weight is 329 g/mol. The van der Waals surface area contributed by atoms with Crippen LogP contribution in [0.25, 0.3) is 0 Å². The normalized spacial score (nSPS) is 10.6. The average Bonchev–Trinajstić information content (AvgIpc) is 2.63. The zero-order chi connectivity index (χ0) is 13.3. The van der Waals surface area contributed by atoms with Gasteiger partial charge in [-0.15, -0.1) is 0 Å². The van der Waals surface area contributed by atoms with Crippen molar-refractivity contribution < 1.29 is 4.92 Å². The van der Waals surface area contributed by atoms with Gasteiger partial charge in [0.1, 0.15) is 4.47 Å². The van der Waals surface area contributed by atoms with Gasteiger partial charge in [-0.05, 0) is 28.4 Å². The molecule has 0 radical (unpaired) electrons. The Hall–Kier alpha value is -1.47. The van der Waals surface area contributed by atoms with Crippen molar-refractivity contribution in [2.24, 2.45) is 0 Å². The second kappa shape index (κ2) is 5.03. The van der Waals surface area contributed by atoms with E-state index in [0.29, 0.717) is 16.6 Å². The quantitative estimate of drug-likeness (QED) is 0.642.